The number of hydrogen-bond acceptors (Lipinski definition) is 2. The van der Waals surface area contributed by atoms with E-state index in [1.165, 1.54) is 17.7 Å². The van der Waals surface area contributed by atoms with E-state index in [0.717, 1.165) is 24.0 Å². The molecule has 0 aliphatic carbocycles. The molecule has 100 valence electrons. The summed E-state index contributed by atoms with van der Waals surface area (Å²) in [4.78, 5) is 2.53. The maximum absolute atomic E-state index is 6.04. The molecule has 0 amide bonds. The van der Waals surface area contributed by atoms with Crippen LogP contribution in [-0.2, 0) is 0 Å². The van der Waals surface area contributed by atoms with Gasteiger partial charge in [0.2, 0.25) is 0 Å². The van der Waals surface area contributed by atoms with Gasteiger partial charge in [-0.15, -0.1) is 0 Å². The van der Waals surface area contributed by atoms with Gasteiger partial charge in [0.15, 0.2) is 0 Å². The Morgan fingerprint density at radius 2 is 2.17 bits per heavy atom. The van der Waals surface area contributed by atoms with E-state index >= 15 is 0 Å². The molecule has 1 unspecified atom stereocenters. The molecule has 0 radical (unpaired) electrons. The van der Waals surface area contributed by atoms with E-state index in [-0.39, 0.29) is 5.54 Å². The topological polar surface area (TPSA) is 15.3 Å². The molecule has 1 aliphatic heterocycles. The monoisotopic (exact) mass is 266 g/mol. The second-order valence-electron chi connectivity index (χ2n) is 5.98. The summed E-state index contributed by atoms with van der Waals surface area (Å²) in [5, 5.41) is 4.11. The van der Waals surface area contributed by atoms with Crippen LogP contribution >= 0.6 is 11.6 Å². The van der Waals surface area contributed by atoms with Gasteiger partial charge in [-0.1, -0.05) is 11.6 Å². The van der Waals surface area contributed by atoms with E-state index in [9.17, 15) is 0 Å². The molecule has 0 saturated carbocycles. The van der Waals surface area contributed by atoms with Crippen molar-refractivity contribution in [2.45, 2.75) is 32.7 Å². The highest BCUT2D eigenvalue weighted by molar-refractivity contribution is 6.30. The number of anilines is 1. The lowest BCUT2D eigenvalue weighted by Crippen LogP contribution is -2.38. The first kappa shape index (κ1) is 13.7. The molecule has 1 aromatic carbocycles. The smallest absolute Gasteiger partial charge is 0.0410 e. The fourth-order valence-corrected chi connectivity index (χ4v) is 3.38. The van der Waals surface area contributed by atoms with Gasteiger partial charge in [-0.05, 0) is 70.5 Å². The van der Waals surface area contributed by atoms with Gasteiger partial charge < -0.3 is 10.2 Å². The number of benzene rings is 1. The molecule has 1 heterocycles. The molecule has 2 nitrogen and oxygen atoms in total. The molecule has 18 heavy (non-hydrogen) atoms. The molecule has 1 aromatic rings. The summed E-state index contributed by atoms with van der Waals surface area (Å²) in [7, 11) is 2.03. The third-order valence-electron chi connectivity index (χ3n) is 3.90. The minimum absolute atomic E-state index is 0.222. The van der Waals surface area contributed by atoms with Crippen LogP contribution in [0, 0.1) is 12.8 Å². The molecule has 1 saturated heterocycles. The summed E-state index contributed by atoms with van der Waals surface area (Å²) in [6, 6.07) is 6.20. The predicted octanol–water partition coefficient (Wildman–Crippen LogP) is 3.47. The first-order valence-corrected chi connectivity index (χ1v) is 7.00. The van der Waals surface area contributed by atoms with Crippen LogP contribution in [0.2, 0.25) is 5.02 Å². The second kappa shape index (κ2) is 5.10. The lowest BCUT2D eigenvalue weighted by Gasteiger charge is -2.34. The standard InChI is InChI=1S/C15H23ClN2/c1-11-7-13(16)5-6-14(11)18-10-12(9-17-4)8-15(18,2)3/h5-7,12,17H,8-10H2,1-4H3. The molecular formula is C15H23ClN2. The van der Waals surface area contributed by atoms with Gasteiger partial charge in [-0.25, -0.2) is 0 Å². The van der Waals surface area contributed by atoms with Gasteiger partial charge in [0.1, 0.15) is 0 Å². The van der Waals surface area contributed by atoms with Crippen LogP contribution in [0.25, 0.3) is 0 Å². The number of rotatable bonds is 3. The van der Waals surface area contributed by atoms with Crippen molar-refractivity contribution >= 4 is 17.3 Å². The lowest BCUT2D eigenvalue weighted by atomic mass is 9.96. The Morgan fingerprint density at radius 3 is 2.78 bits per heavy atom. The van der Waals surface area contributed by atoms with Crippen LogP contribution in [0.5, 0.6) is 0 Å². The maximum Gasteiger partial charge on any atom is 0.0410 e. The predicted molar refractivity (Wildman–Crippen MR) is 79.6 cm³/mol. The van der Waals surface area contributed by atoms with E-state index in [4.69, 9.17) is 11.6 Å². The zero-order valence-corrected chi connectivity index (χ0v) is 12.5. The van der Waals surface area contributed by atoms with Crippen LogP contribution in [0.4, 0.5) is 5.69 Å². The summed E-state index contributed by atoms with van der Waals surface area (Å²) in [5.74, 6) is 0.722. The first-order chi connectivity index (χ1) is 8.44. The summed E-state index contributed by atoms with van der Waals surface area (Å²) in [6.45, 7) is 9.01. The van der Waals surface area contributed by atoms with Crippen molar-refractivity contribution in [3.63, 3.8) is 0 Å². The zero-order valence-electron chi connectivity index (χ0n) is 11.8. The summed E-state index contributed by atoms with van der Waals surface area (Å²) < 4.78 is 0. The van der Waals surface area contributed by atoms with E-state index in [0.29, 0.717) is 0 Å². The van der Waals surface area contributed by atoms with Crippen LogP contribution in [0.3, 0.4) is 0 Å². The molecule has 1 atom stereocenters. The average Bonchev–Trinajstić information content (AvgIpc) is 2.54. The molecular weight excluding hydrogens is 244 g/mol. The van der Waals surface area contributed by atoms with Crippen LogP contribution in [-0.4, -0.2) is 25.7 Å². The summed E-state index contributed by atoms with van der Waals surface area (Å²) in [6.07, 6.45) is 1.23. The van der Waals surface area contributed by atoms with Crippen LogP contribution in [0.1, 0.15) is 25.8 Å². The normalized spacial score (nSPS) is 22.5. The second-order valence-corrected chi connectivity index (χ2v) is 6.42. The lowest BCUT2D eigenvalue weighted by molar-refractivity contribution is 0.461. The minimum atomic E-state index is 0.222. The van der Waals surface area contributed by atoms with Crippen molar-refractivity contribution < 1.29 is 0 Å². The average molecular weight is 267 g/mol. The Bertz CT molecular complexity index is 429. The van der Waals surface area contributed by atoms with Gasteiger partial charge in [-0.3, -0.25) is 0 Å². The highest BCUT2D eigenvalue weighted by atomic mass is 35.5. The van der Waals surface area contributed by atoms with Crippen molar-refractivity contribution in [3.05, 3.63) is 28.8 Å². The van der Waals surface area contributed by atoms with E-state index in [2.05, 4.69) is 43.1 Å². The molecule has 0 bridgehead atoms. The minimum Gasteiger partial charge on any atom is -0.366 e. The zero-order chi connectivity index (χ0) is 13.3. The van der Waals surface area contributed by atoms with Gasteiger partial charge in [0.25, 0.3) is 0 Å². The first-order valence-electron chi connectivity index (χ1n) is 6.62. The highest BCUT2D eigenvalue weighted by Gasteiger charge is 2.38. The quantitative estimate of drug-likeness (QED) is 0.901. The maximum atomic E-state index is 6.04. The molecule has 1 fully saturated rings. The van der Waals surface area contributed by atoms with Crippen molar-refractivity contribution in [1.82, 2.24) is 5.32 Å². The Morgan fingerprint density at radius 1 is 1.44 bits per heavy atom. The molecule has 0 aromatic heterocycles. The third kappa shape index (κ3) is 2.65. The van der Waals surface area contributed by atoms with Gasteiger partial charge in [0, 0.05) is 22.8 Å². The fraction of sp³-hybridized carbons (Fsp3) is 0.600. The number of aryl methyl sites for hydroxylation is 1. The molecule has 2 rings (SSSR count). The van der Waals surface area contributed by atoms with E-state index in [1.54, 1.807) is 0 Å². The number of nitrogens with one attached hydrogen (secondary N) is 1. The number of nitrogens with zero attached hydrogens (tertiary/aromatic N) is 1. The highest BCUT2D eigenvalue weighted by Crippen LogP contribution is 2.38. The van der Waals surface area contributed by atoms with Crippen molar-refractivity contribution in [2.75, 3.05) is 25.0 Å². The Labute approximate surface area is 115 Å². The number of halogens is 1. The summed E-state index contributed by atoms with van der Waals surface area (Å²) in [5.41, 5.74) is 2.81. The largest absolute Gasteiger partial charge is 0.366 e. The van der Waals surface area contributed by atoms with Crippen molar-refractivity contribution in [3.8, 4) is 0 Å². The Balaban J connectivity index is 2.26. The van der Waals surface area contributed by atoms with Crippen molar-refractivity contribution in [2.24, 2.45) is 5.92 Å². The van der Waals surface area contributed by atoms with Crippen molar-refractivity contribution in [1.29, 1.82) is 0 Å². The van der Waals surface area contributed by atoms with E-state index in [1.807, 2.05) is 13.1 Å². The Kier molecular flexibility index (Phi) is 3.88. The van der Waals surface area contributed by atoms with Crippen LogP contribution in [0.15, 0.2) is 18.2 Å². The van der Waals surface area contributed by atoms with E-state index < -0.39 is 0 Å². The molecule has 1 N–H and O–H groups in total. The number of hydrogen-bond donors (Lipinski definition) is 1. The molecule has 1 aliphatic rings. The third-order valence-corrected chi connectivity index (χ3v) is 4.14. The fourth-order valence-electron chi connectivity index (χ4n) is 3.16. The molecule has 3 heteroatoms. The van der Waals surface area contributed by atoms with Gasteiger partial charge in [-0.2, -0.15) is 0 Å². The van der Waals surface area contributed by atoms with Crippen LogP contribution < -0.4 is 10.2 Å². The molecule has 0 spiro atoms. The Hall–Kier alpha value is -0.730. The van der Waals surface area contributed by atoms with Gasteiger partial charge >= 0.3 is 0 Å². The SMILES string of the molecule is CNCC1CN(c2ccc(Cl)cc2C)C(C)(C)C1. The van der Waals surface area contributed by atoms with Gasteiger partial charge in [0.05, 0.1) is 0 Å². The summed E-state index contributed by atoms with van der Waals surface area (Å²) >= 11 is 6.04.